The summed E-state index contributed by atoms with van der Waals surface area (Å²) in [5.41, 5.74) is -0.705. The first-order valence-corrected chi connectivity index (χ1v) is 8.04. The maximum atomic E-state index is 13.6. The molecule has 1 heterocycles. The van der Waals surface area contributed by atoms with Gasteiger partial charge in [-0.25, -0.2) is 13.6 Å². The van der Waals surface area contributed by atoms with Crippen LogP contribution in [0.25, 0.3) is 0 Å². The minimum Gasteiger partial charge on any atom is -0.444 e. The lowest BCUT2D eigenvalue weighted by Gasteiger charge is -2.22. The summed E-state index contributed by atoms with van der Waals surface area (Å²) in [6.07, 6.45) is -0.844. The van der Waals surface area contributed by atoms with E-state index >= 15 is 0 Å². The van der Waals surface area contributed by atoms with Crippen LogP contribution in [0.3, 0.4) is 0 Å². The van der Waals surface area contributed by atoms with Gasteiger partial charge < -0.3 is 15.4 Å². The Balaban J connectivity index is 2.30. The van der Waals surface area contributed by atoms with Gasteiger partial charge in [0.15, 0.2) is 0 Å². The van der Waals surface area contributed by atoms with Crippen LogP contribution in [0, 0.1) is 0 Å². The van der Waals surface area contributed by atoms with Crippen molar-refractivity contribution in [2.45, 2.75) is 38.8 Å². The second-order valence-corrected chi connectivity index (χ2v) is 7.36. The molecule has 4 nitrogen and oxygen atoms in total. The van der Waals surface area contributed by atoms with E-state index in [1.165, 1.54) is 11.3 Å². The lowest BCUT2D eigenvalue weighted by atomic mass is 10.2. The van der Waals surface area contributed by atoms with Gasteiger partial charge in [0.2, 0.25) is 0 Å². The highest BCUT2D eigenvalue weighted by Crippen LogP contribution is 2.22. The van der Waals surface area contributed by atoms with E-state index in [4.69, 9.17) is 4.74 Å². The number of alkyl halides is 2. The SMILES string of the molecule is CC(C)(C)OC(=O)NCC(F)(F)CNCc1sccc1Br. The van der Waals surface area contributed by atoms with Gasteiger partial charge in [-0.2, -0.15) is 0 Å². The van der Waals surface area contributed by atoms with E-state index < -0.39 is 30.7 Å². The summed E-state index contributed by atoms with van der Waals surface area (Å²) in [4.78, 5) is 12.3. The summed E-state index contributed by atoms with van der Waals surface area (Å²) in [7, 11) is 0. The van der Waals surface area contributed by atoms with E-state index in [0.29, 0.717) is 6.54 Å². The third kappa shape index (κ3) is 7.73. The number of alkyl carbamates (subject to hydrolysis) is 1. The van der Waals surface area contributed by atoms with Crippen molar-refractivity contribution in [3.63, 3.8) is 0 Å². The van der Waals surface area contributed by atoms with Crippen molar-refractivity contribution < 1.29 is 18.3 Å². The summed E-state index contributed by atoms with van der Waals surface area (Å²) in [6, 6.07) is 1.86. The van der Waals surface area contributed by atoms with Crippen LogP contribution in [0.4, 0.5) is 13.6 Å². The van der Waals surface area contributed by atoms with E-state index in [2.05, 4.69) is 26.6 Å². The number of halogens is 3. The van der Waals surface area contributed by atoms with Crippen LogP contribution < -0.4 is 10.6 Å². The summed E-state index contributed by atoms with van der Waals surface area (Å²) >= 11 is 4.81. The molecular formula is C13H19BrF2N2O2S. The van der Waals surface area contributed by atoms with Crippen LogP contribution in [0.1, 0.15) is 25.6 Å². The molecule has 21 heavy (non-hydrogen) atoms. The highest BCUT2D eigenvalue weighted by Gasteiger charge is 2.30. The first kappa shape index (κ1) is 18.3. The van der Waals surface area contributed by atoms with Crippen molar-refractivity contribution in [1.82, 2.24) is 10.6 Å². The van der Waals surface area contributed by atoms with E-state index in [1.807, 2.05) is 11.4 Å². The van der Waals surface area contributed by atoms with Crippen LogP contribution >= 0.6 is 27.3 Å². The Morgan fingerprint density at radius 3 is 2.57 bits per heavy atom. The van der Waals surface area contributed by atoms with E-state index in [9.17, 15) is 13.6 Å². The van der Waals surface area contributed by atoms with Gasteiger partial charge in [0.25, 0.3) is 5.92 Å². The van der Waals surface area contributed by atoms with Gasteiger partial charge in [0, 0.05) is 15.9 Å². The zero-order chi connectivity index (χ0) is 16.1. The molecule has 8 heteroatoms. The van der Waals surface area contributed by atoms with Crippen molar-refractivity contribution in [1.29, 1.82) is 0 Å². The van der Waals surface area contributed by atoms with Gasteiger partial charge >= 0.3 is 6.09 Å². The fourth-order valence-corrected chi connectivity index (χ4v) is 2.85. The normalized spacial score (nSPS) is 12.3. The van der Waals surface area contributed by atoms with E-state index in [1.54, 1.807) is 20.8 Å². The second kappa shape index (κ2) is 7.51. The molecule has 0 aromatic carbocycles. The first-order valence-electron chi connectivity index (χ1n) is 6.36. The van der Waals surface area contributed by atoms with Crippen LogP contribution in [0.5, 0.6) is 0 Å². The minimum absolute atomic E-state index is 0.347. The van der Waals surface area contributed by atoms with E-state index in [-0.39, 0.29) is 0 Å². The van der Waals surface area contributed by atoms with E-state index in [0.717, 1.165) is 9.35 Å². The van der Waals surface area contributed by atoms with Crippen molar-refractivity contribution in [3.8, 4) is 0 Å². The maximum absolute atomic E-state index is 13.6. The Morgan fingerprint density at radius 1 is 1.38 bits per heavy atom. The highest BCUT2D eigenvalue weighted by molar-refractivity contribution is 9.10. The predicted octanol–water partition coefficient (Wildman–Crippen LogP) is 3.76. The molecule has 0 unspecified atom stereocenters. The van der Waals surface area contributed by atoms with Gasteiger partial charge in [0.1, 0.15) is 5.60 Å². The molecule has 0 radical (unpaired) electrons. The Morgan fingerprint density at radius 2 is 2.05 bits per heavy atom. The average molecular weight is 385 g/mol. The molecule has 1 amide bonds. The maximum Gasteiger partial charge on any atom is 0.407 e. The number of ether oxygens (including phenoxy) is 1. The molecule has 0 spiro atoms. The summed E-state index contributed by atoms with van der Waals surface area (Å²) in [6.45, 7) is 4.08. The fourth-order valence-electron chi connectivity index (χ4n) is 1.39. The Bertz CT molecular complexity index is 475. The zero-order valence-corrected chi connectivity index (χ0v) is 14.5. The number of nitrogens with one attached hydrogen (secondary N) is 2. The summed E-state index contributed by atoms with van der Waals surface area (Å²) in [5, 5.41) is 6.63. The molecule has 1 aromatic rings. The minimum atomic E-state index is -3.04. The summed E-state index contributed by atoms with van der Waals surface area (Å²) < 4.78 is 33.0. The first-order chi connectivity index (χ1) is 9.59. The Labute approximate surface area is 135 Å². The molecule has 1 rings (SSSR count). The number of amides is 1. The molecule has 0 bridgehead atoms. The molecule has 0 atom stereocenters. The number of carbonyl (C=O) groups excluding carboxylic acids is 1. The third-order valence-electron chi connectivity index (χ3n) is 2.25. The Kier molecular flexibility index (Phi) is 6.55. The van der Waals surface area contributed by atoms with Crippen LogP contribution in [-0.2, 0) is 11.3 Å². The molecule has 0 saturated heterocycles. The van der Waals surface area contributed by atoms with Crippen molar-refractivity contribution in [2.75, 3.05) is 13.1 Å². The van der Waals surface area contributed by atoms with Crippen molar-refractivity contribution in [2.24, 2.45) is 0 Å². The van der Waals surface area contributed by atoms with Gasteiger partial charge in [-0.15, -0.1) is 11.3 Å². The average Bonchev–Trinajstić information content (AvgIpc) is 2.71. The topological polar surface area (TPSA) is 50.4 Å². The quantitative estimate of drug-likeness (QED) is 0.784. The number of carbonyl (C=O) groups is 1. The standard InChI is InChI=1S/C13H19BrF2N2O2S/c1-12(2,3)20-11(19)18-8-13(15,16)7-17-6-10-9(14)4-5-21-10/h4-5,17H,6-8H2,1-3H3,(H,18,19). The third-order valence-corrected chi connectivity index (χ3v) is 4.18. The van der Waals surface area contributed by atoms with Gasteiger partial charge in [-0.3, -0.25) is 0 Å². The molecular weight excluding hydrogens is 366 g/mol. The van der Waals surface area contributed by atoms with Gasteiger partial charge in [-0.1, -0.05) is 0 Å². The van der Waals surface area contributed by atoms with Crippen molar-refractivity contribution in [3.05, 3.63) is 20.8 Å². The molecule has 0 fully saturated rings. The Hall–Kier alpha value is -0.730. The van der Waals surface area contributed by atoms with Crippen molar-refractivity contribution >= 4 is 33.4 Å². The molecule has 0 aliphatic heterocycles. The fraction of sp³-hybridized carbons (Fsp3) is 0.615. The molecule has 0 aliphatic rings. The number of rotatable bonds is 6. The smallest absolute Gasteiger partial charge is 0.407 e. The molecule has 120 valence electrons. The number of hydrogen-bond acceptors (Lipinski definition) is 4. The van der Waals surface area contributed by atoms with Gasteiger partial charge in [-0.05, 0) is 48.1 Å². The number of thiophene rings is 1. The number of hydrogen-bond donors (Lipinski definition) is 2. The van der Waals surface area contributed by atoms with Gasteiger partial charge in [0.05, 0.1) is 13.1 Å². The molecule has 0 aliphatic carbocycles. The predicted molar refractivity (Wildman–Crippen MR) is 82.9 cm³/mol. The zero-order valence-electron chi connectivity index (χ0n) is 12.1. The van der Waals surface area contributed by atoms with Crippen LogP contribution in [0.15, 0.2) is 15.9 Å². The summed E-state index contributed by atoms with van der Waals surface area (Å²) in [5.74, 6) is -3.04. The molecule has 0 saturated carbocycles. The van der Waals surface area contributed by atoms with Crippen LogP contribution in [-0.4, -0.2) is 30.7 Å². The lowest BCUT2D eigenvalue weighted by Crippen LogP contribution is -2.44. The lowest BCUT2D eigenvalue weighted by molar-refractivity contribution is -0.00372. The molecule has 1 aromatic heterocycles. The second-order valence-electron chi connectivity index (χ2n) is 5.51. The monoisotopic (exact) mass is 384 g/mol. The molecule has 2 N–H and O–H groups in total. The van der Waals surface area contributed by atoms with Crippen LogP contribution in [0.2, 0.25) is 0 Å². The largest absolute Gasteiger partial charge is 0.444 e. The highest BCUT2D eigenvalue weighted by atomic mass is 79.9.